The Morgan fingerprint density at radius 1 is 1.14 bits per heavy atom. The normalized spacial score (nSPS) is 16.5. The zero-order valence-corrected chi connectivity index (χ0v) is 35.5. The highest BCUT2D eigenvalue weighted by Gasteiger charge is 2.35. The number of pyridine rings is 1. The van der Waals surface area contributed by atoms with Gasteiger partial charge in [-0.2, -0.15) is 13.2 Å². The molecule has 6 rings (SSSR count). The number of benzene rings is 1. The maximum Gasteiger partial charge on any atom is 0.406 e. The number of anilines is 1. The number of hydrogen-bond acceptors (Lipinski definition) is 9. The van der Waals surface area contributed by atoms with Gasteiger partial charge >= 0.3 is 6.18 Å². The van der Waals surface area contributed by atoms with Crippen LogP contribution in [0.5, 0.6) is 0 Å². The number of unbranched alkanes of at least 4 members (excludes halogenated alkanes) is 1. The van der Waals surface area contributed by atoms with Gasteiger partial charge in [-0.25, -0.2) is 4.98 Å². The lowest BCUT2D eigenvalue weighted by molar-refractivity contribution is -0.139. The number of fused-ring (bicyclic) bond motifs is 1. The topological polar surface area (TPSA) is 111 Å². The van der Waals surface area contributed by atoms with E-state index in [4.69, 9.17) is 21.2 Å². The van der Waals surface area contributed by atoms with Crippen LogP contribution in [0.2, 0.25) is 0 Å². The van der Waals surface area contributed by atoms with Crippen molar-refractivity contribution in [1.82, 2.24) is 30.2 Å². The molecule has 4 aromatic rings. The number of aromatic nitrogens is 3. The molecule has 4 heterocycles. The van der Waals surface area contributed by atoms with Gasteiger partial charge in [-0.15, -0.1) is 17.9 Å². The minimum atomic E-state index is -4.48. The summed E-state index contributed by atoms with van der Waals surface area (Å²) in [4.78, 5) is 14.9. The summed E-state index contributed by atoms with van der Waals surface area (Å²) < 4.78 is 45.9. The molecular formula is C45H62F3N9S. The van der Waals surface area contributed by atoms with Crippen LogP contribution >= 0.6 is 11.3 Å². The number of thiazole rings is 1. The SMILES string of the molecule is C=CCCC(C)(C)Cc1c(-c2cc(N3CCN(C4CC4)CC3)cnc2C(C)C=N)n(CC(F)(F)F)c2ccc(-c3csc(CC(NC)C(=C)CCCCNN)n3)cc12. The second-order valence-corrected chi connectivity index (χ2v) is 17.9. The summed E-state index contributed by atoms with van der Waals surface area (Å²) in [6, 6.07) is 8.58. The highest BCUT2D eigenvalue weighted by atomic mass is 32.1. The van der Waals surface area contributed by atoms with Crippen LogP contribution in [0.4, 0.5) is 18.9 Å². The highest BCUT2D eigenvalue weighted by molar-refractivity contribution is 7.10. The van der Waals surface area contributed by atoms with Crippen molar-refractivity contribution >= 4 is 34.1 Å². The van der Waals surface area contributed by atoms with Gasteiger partial charge in [-0.05, 0) is 87.6 Å². The fourth-order valence-corrected chi connectivity index (χ4v) is 9.29. The summed E-state index contributed by atoms with van der Waals surface area (Å²) in [7, 11) is 1.94. The number of hydrogen-bond donors (Lipinski definition) is 4. The number of halogens is 3. The molecule has 58 heavy (non-hydrogen) atoms. The molecule has 2 fully saturated rings. The predicted molar refractivity (Wildman–Crippen MR) is 235 cm³/mol. The molecule has 5 N–H and O–H groups in total. The monoisotopic (exact) mass is 817 g/mol. The lowest BCUT2D eigenvalue weighted by Crippen LogP contribution is -2.47. The zero-order chi connectivity index (χ0) is 41.6. The van der Waals surface area contributed by atoms with Crippen LogP contribution < -0.4 is 21.5 Å². The van der Waals surface area contributed by atoms with Crippen LogP contribution in [0.3, 0.4) is 0 Å². The van der Waals surface area contributed by atoms with Gasteiger partial charge in [0, 0.05) is 90.8 Å². The van der Waals surface area contributed by atoms with E-state index in [2.05, 4.69) is 47.5 Å². The summed E-state index contributed by atoms with van der Waals surface area (Å²) in [6.07, 6.45) is 8.82. The van der Waals surface area contributed by atoms with Crippen molar-refractivity contribution in [2.75, 3.05) is 44.7 Å². The third-order valence-electron chi connectivity index (χ3n) is 11.9. The first-order chi connectivity index (χ1) is 27.7. The average Bonchev–Trinajstić information content (AvgIpc) is 3.89. The largest absolute Gasteiger partial charge is 0.406 e. The first-order valence-electron chi connectivity index (χ1n) is 20.8. The average molecular weight is 818 g/mol. The van der Waals surface area contributed by atoms with E-state index < -0.39 is 18.6 Å². The summed E-state index contributed by atoms with van der Waals surface area (Å²) in [5.74, 6) is 5.03. The summed E-state index contributed by atoms with van der Waals surface area (Å²) in [6.45, 7) is 17.7. The van der Waals surface area contributed by atoms with Crippen molar-refractivity contribution in [3.63, 3.8) is 0 Å². The molecule has 13 heteroatoms. The quantitative estimate of drug-likeness (QED) is 0.0218. The lowest BCUT2D eigenvalue weighted by atomic mass is 9.80. The van der Waals surface area contributed by atoms with Crippen LogP contribution in [-0.4, -0.2) is 83.7 Å². The summed E-state index contributed by atoms with van der Waals surface area (Å²) in [5, 5.41) is 15.4. The Morgan fingerprint density at radius 3 is 2.55 bits per heavy atom. The highest BCUT2D eigenvalue weighted by Crippen LogP contribution is 2.44. The van der Waals surface area contributed by atoms with E-state index in [0.717, 1.165) is 103 Å². The van der Waals surface area contributed by atoms with Gasteiger partial charge in [0.2, 0.25) is 0 Å². The number of likely N-dealkylation sites (N-methyl/N-ethyl adjacent to an activating group) is 1. The second-order valence-electron chi connectivity index (χ2n) is 17.0. The first kappa shape index (κ1) is 43.7. The molecule has 2 atom stereocenters. The zero-order valence-electron chi connectivity index (χ0n) is 34.7. The Kier molecular flexibility index (Phi) is 14.3. The summed E-state index contributed by atoms with van der Waals surface area (Å²) >= 11 is 1.59. The van der Waals surface area contributed by atoms with Crippen LogP contribution in [0.1, 0.15) is 87.9 Å². The third-order valence-corrected chi connectivity index (χ3v) is 12.8. The van der Waals surface area contributed by atoms with Gasteiger partial charge in [0.25, 0.3) is 0 Å². The maximum absolute atomic E-state index is 14.8. The van der Waals surface area contributed by atoms with Crippen LogP contribution in [0.15, 0.2) is 60.6 Å². The number of nitrogens with one attached hydrogen (secondary N) is 3. The Bertz CT molecular complexity index is 2040. The van der Waals surface area contributed by atoms with Crippen LogP contribution in [-0.2, 0) is 19.4 Å². The minimum absolute atomic E-state index is 0.0691. The van der Waals surface area contributed by atoms with Gasteiger partial charge in [0.05, 0.1) is 34.0 Å². The Labute approximate surface area is 346 Å². The van der Waals surface area contributed by atoms with Gasteiger partial charge in [-0.1, -0.05) is 45.1 Å². The second kappa shape index (κ2) is 19.0. The number of rotatable bonds is 21. The van der Waals surface area contributed by atoms with Gasteiger partial charge in [0.1, 0.15) is 6.54 Å². The molecule has 314 valence electrons. The van der Waals surface area contributed by atoms with Gasteiger partial charge in [-0.3, -0.25) is 21.2 Å². The van der Waals surface area contributed by atoms with Crippen molar-refractivity contribution < 1.29 is 13.2 Å². The molecule has 1 saturated heterocycles. The molecule has 1 saturated carbocycles. The van der Waals surface area contributed by atoms with Crippen molar-refractivity contribution in [3.05, 3.63) is 76.9 Å². The molecule has 2 aliphatic rings. The molecule has 1 aromatic carbocycles. The molecule has 0 bridgehead atoms. The number of allylic oxidation sites excluding steroid dienone is 1. The third kappa shape index (κ3) is 10.6. The van der Waals surface area contributed by atoms with E-state index >= 15 is 0 Å². The van der Waals surface area contributed by atoms with E-state index in [9.17, 15) is 13.2 Å². The van der Waals surface area contributed by atoms with E-state index in [0.29, 0.717) is 41.4 Å². The Balaban J connectivity index is 1.46. The smallest absolute Gasteiger partial charge is 0.368 e. The molecule has 3 aromatic heterocycles. The molecule has 0 spiro atoms. The standard InChI is InChI=1S/C45H62F3N9S/c1-7-8-16-44(4,5)25-37-35-22-32(39-28-58-41(54-39)24-38(51-6)30(2)11-9-10-17-53-50)12-15-40(35)57(29-45(46,47)48)43(37)36-23-34(27-52-42(36)31(3)26-49)56-20-18-55(19-21-56)33-13-14-33/h7,12,15,22-23,26-28,31,33,38,49,51,53H,1-2,8-11,13-14,16-21,24-25,29,50H2,3-6H3. The Morgan fingerprint density at radius 2 is 1.90 bits per heavy atom. The molecule has 9 nitrogen and oxygen atoms in total. The fourth-order valence-electron chi connectivity index (χ4n) is 8.44. The van der Waals surface area contributed by atoms with Crippen LogP contribution in [0.25, 0.3) is 33.4 Å². The minimum Gasteiger partial charge on any atom is -0.368 e. The van der Waals surface area contributed by atoms with Gasteiger partial charge in [0.15, 0.2) is 0 Å². The molecule has 0 radical (unpaired) electrons. The van der Waals surface area contributed by atoms with Crippen LogP contribution in [0, 0.1) is 10.8 Å². The molecule has 1 aliphatic heterocycles. The fraction of sp³-hybridized carbons (Fsp3) is 0.533. The van der Waals surface area contributed by atoms with Crippen molar-refractivity contribution in [3.8, 4) is 22.5 Å². The van der Waals surface area contributed by atoms with Gasteiger partial charge < -0.3 is 20.2 Å². The molecule has 1 aliphatic carbocycles. The lowest BCUT2D eigenvalue weighted by Gasteiger charge is -2.36. The van der Waals surface area contributed by atoms with Crippen molar-refractivity contribution in [2.24, 2.45) is 11.3 Å². The Hall–Kier alpha value is -3.88. The van der Waals surface area contributed by atoms with E-state index in [1.54, 1.807) is 11.3 Å². The predicted octanol–water partition coefficient (Wildman–Crippen LogP) is 9.28. The van der Waals surface area contributed by atoms with E-state index in [1.807, 2.05) is 55.9 Å². The summed E-state index contributed by atoms with van der Waals surface area (Å²) in [5.41, 5.74) is 9.30. The number of alkyl halides is 3. The number of nitrogens with two attached hydrogens (primary N) is 1. The van der Waals surface area contributed by atoms with Crippen molar-refractivity contribution in [1.29, 1.82) is 5.41 Å². The number of piperazine rings is 1. The van der Waals surface area contributed by atoms with E-state index in [-0.39, 0.29) is 11.5 Å². The number of hydrazine groups is 1. The molecule has 2 unspecified atom stereocenters. The van der Waals surface area contributed by atoms with Crippen molar-refractivity contribution in [2.45, 2.75) is 109 Å². The first-order valence-corrected chi connectivity index (χ1v) is 21.7. The molecular weight excluding hydrogens is 756 g/mol. The number of nitrogens with zero attached hydrogens (tertiary/aromatic N) is 5. The molecule has 0 amide bonds. The van der Waals surface area contributed by atoms with E-state index in [1.165, 1.54) is 23.6 Å². The maximum atomic E-state index is 14.8.